The Balaban J connectivity index is 2.26. The molecule has 0 unspecified atom stereocenters. The molecule has 2 N–H and O–H groups in total. The van der Waals surface area contributed by atoms with Gasteiger partial charge in [-0.3, -0.25) is 19.9 Å². The molecule has 0 saturated heterocycles. The first kappa shape index (κ1) is 16.6. The summed E-state index contributed by atoms with van der Waals surface area (Å²) in [6.45, 7) is 1.41. The number of nitro groups is 1. The van der Waals surface area contributed by atoms with E-state index in [1.807, 2.05) is 0 Å². The van der Waals surface area contributed by atoms with Crippen molar-refractivity contribution < 1.29 is 14.8 Å². The van der Waals surface area contributed by atoms with Crippen LogP contribution in [0.2, 0.25) is 0 Å². The van der Waals surface area contributed by atoms with Crippen LogP contribution in [-0.4, -0.2) is 22.2 Å². The van der Waals surface area contributed by atoms with Gasteiger partial charge in [-0.15, -0.1) is 0 Å². The van der Waals surface area contributed by atoms with Crippen molar-refractivity contribution in [3.05, 3.63) is 56.5 Å². The van der Waals surface area contributed by atoms with Crippen LogP contribution in [0.15, 0.2) is 45.9 Å². The molecule has 0 aliphatic rings. The van der Waals surface area contributed by atoms with Crippen LogP contribution in [0, 0.1) is 10.1 Å². The number of carbonyl (C=O) groups excluding carboxylic acids is 1. The third-order valence-electron chi connectivity index (χ3n) is 2.83. The Morgan fingerprint density at radius 1 is 1.35 bits per heavy atom. The number of phenols is 1. The number of carbonyl (C=O) groups is 1. The van der Waals surface area contributed by atoms with Crippen LogP contribution in [0.1, 0.15) is 12.5 Å². The maximum atomic E-state index is 10.9. The molecule has 8 heteroatoms. The normalized spacial score (nSPS) is 10.7. The van der Waals surface area contributed by atoms with Crippen LogP contribution in [-0.2, 0) is 4.79 Å². The van der Waals surface area contributed by atoms with Crippen molar-refractivity contribution in [1.82, 2.24) is 0 Å². The Morgan fingerprint density at radius 3 is 2.57 bits per heavy atom. The summed E-state index contributed by atoms with van der Waals surface area (Å²) in [6, 6.07) is 9.15. The molecule has 0 atom stereocenters. The summed E-state index contributed by atoms with van der Waals surface area (Å²) in [6.07, 6.45) is 1.33. The number of aromatic hydroxyl groups is 1. The van der Waals surface area contributed by atoms with E-state index in [9.17, 15) is 20.0 Å². The molecule has 7 nitrogen and oxygen atoms in total. The number of amides is 1. The van der Waals surface area contributed by atoms with Crippen LogP contribution in [0.5, 0.6) is 5.75 Å². The second-order valence-electron chi connectivity index (χ2n) is 4.61. The molecule has 0 spiro atoms. The molecule has 1 amide bonds. The van der Waals surface area contributed by atoms with E-state index in [2.05, 4.69) is 26.2 Å². The molecule has 0 fully saturated rings. The van der Waals surface area contributed by atoms with E-state index in [-0.39, 0.29) is 27.4 Å². The Kier molecular flexibility index (Phi) is 5.07. The van der Waals surface area contributed by atoms with Gasteiger partial charge in [-0.05, 0) is 40.2 Å². The van der Waals surface area contributed by atoms with E-state index in [0.29, 0.717) is 11.4 Å². The predicted molar refractivity (Wildman–Crippen MR) is 90.5 cm³/mol. The lowest BCUT2D eigenvalue weighted by Crippen LogP contribution is -2.04. The number of nitrogens with one attached hydrogen (secondary N) is 1. The third-order valence-corrected chi connectivity index (χ3v) is 3.43. The zero-order valence-electron chi connectivity index (χ0n) is 12.0. The molecule has 0 aromatic heterocycles. The molecular formula is C15H12BrN3O4. The number of nitro benzene ring substituents is 1. The van der Waals surface area contributed by atoms with Gasteiger partial charge in [0.25, 0.3) is 5.69 Å². The maximum absolute atomic E-state index is 10.9. The second kappa shape index (κ2) is 7.01. The molecule has 0 radical (unpaired) electrons. The molecular weight excluding hydrogens is 366 g/mol. The summed E-state index contributed by atoms with van der Waals surface area (Å²) in [7, 11) is 0. The first-order chi connectivity index (χ1) is 10.9. The van der Waals surface area contributed by atoms with Gasteiger partial charge in [0, 0.05) is 36.5 Å². The number of halogens is 1. The fourth-order valence-electron chi connectivity index (χ4n) is 1.79. The highest BCUT2D eigenvalue weighted by Gasteiger charge is 2.13. The Hall–Kier alpha value is -2.74. The summed E-state index contributed by atoms with van der Waals surface area (Å²) in [5, 5.41) is 23.4. The Morgan fingerprint density at radius 2 is 2.00 bits per heavy atom. The van der Waals surface area contributed by atoms with Gasteiger partial charge >= 0.3 is 0 Å². The average molecular weight is 378 g/mol. The summed E-state index contributed by atoms with van der Waals surface area (Å²) in [4.78, 5) is 25.4. The van der Waals surface area contributed by atoms with Crippen LogP contribution < -0.4 is 5.32 Å². The van der Waals surface area contributed by atoms with Gasteiger partial charge in [0.05, 0.1) is 15.1 Å². The van der Waals surface area contributed by atoms with Gasteiger partial charge < -0.3 is 10.4 Å². The third kappa shape index (κ3) is 4.36. The van der Waals surface area contributed by atoms with Gasteiger partial charge in [0.1, 0.15) is 5.75 Å². The van der Waals surface area contributed by atoms with Crippen molar-refractivity contribution in [3.8, 4) is 5.75 Å². The summed E-state index contributed by atoms with van der Waals surface area (Å²) in [5.74, 6) is -0.304. The number of benzene rings is 2. The fourth-order valence-corrected chi connectivity index (χ4v) is 2.25. The number of nitrogens with zero attached hydrogens (tertiary/aromatic N) is 2. The lowest BCUT2D eigenvalue weighted by Gasteiger charge is -2.03. The van der Waals surface area contributed by atoms with E-state index in [4.69, 9.17) is 0 Å². The monoisotopic (exact) mass is 377 g/mol. The minimum Gasteiger partial charge on any atom is -0.506 e. The molecule has 0 bridgehead atoms. The summed E-state index contributed by atoms with van der Waals surface area (Å²) < 4.78 is 0.217. The van der Waals surface area contributed by atoms with Crippen LogP contribution in [0.3, 0.4) is 0 Å². The molecule has 2 rings (SSSR count). The minimum atomic E-state index is -0.552. The summed E-state index contributed by atoms with van der Waals surface area (Å²) in [5.41, 5.74) is 1.27. The topological polar surface area (TPSA) is 105 Å². The second-order valence-corrected chi connectivity index (χ2v) is 5.46. The zero-order chi connectivity index (χ0) is 17.0. The van der Waals surface area contributed by atoms with E-state index in [1.165, 1.54) is 25.3 Å². The van der Waals surface area contributed by atoms with Crippen molar-refractivity contribution in [3.63, 3.8) is 0 Å². The molecule has 0 heterocycles. The number of rotatable bonds is 4. The lowest BCUT2D eigenvalue weighted by molar-refractivity contribution is -0.385. The van der Waals surface area contributed by atoms with Gasteiger partial charge in [-0.1, -0.05) is 0 Å². The van der Waals surface area contributed by atoms with Crippen molar-refractivity contribution in [1.29, 1.82) is 0 Å². The molecule has 2 aromatic carbocycles. The Bertz CT molecular complexity index is 788. The van der Waals surface area contributed by atoms with Gasteiger partial charge in [0.2, 0.25) is 5.91 Å². The number of phenolic OH excluding ortho intramolecular Hbond substituents is 1. The smallest absolute Gasteiger partial charge is 0.271 e. The molecule has 23 heavy (non-hydrogen) atoms. The first-order valence-electron chi connectivity index (χ1n) is 6.45. The number of hydrogen-bond acceptors (Lipinski definition) is 5. The highest BCUT2D eigenvalue weighted by atomic mass is 79.9. The lowest BCUT2D eigenvalue weighted by atomic mass is 10.2. The SMILES string of the molecule is CC(=O)Nc1ccc(N=Cc2cc([N+](=O)[O-])cc(Br)c2O)cc1. The number of anilines is 1. The number of non-ortho nitro benzene ring substituents is 1. The highest BCUT2D eigenvalue weighted by molar-refractivity contribution is 9.10. The van der Waals surface area contributed by atoms with E-state index in [1.54, 1.807) is 24.3 Å². The van der Waals surface area contributed by atoms with Gasteiger partial charge in [-0.2, -0.15) is 0 Å². The van der Waals surface area contributed by atoms with Crippen molar-refractivity contribution in [2.45, 2.75) is 6.92 Å². The molecule has 0 saturated carbocycles. The van der Waals surface area contributed by atoms with E-state index in [0.717, 1.165) is 0 Å². The molecule has 2 aromatic rings. The van der Waals surface area contributed by atoms with Gasteiger partial charge in [-0.25, -0.2) is 0 Å². The average Bonchev–Trinajstić information content (AvgIpc) is 2.49. The van der Waals surface area contributed by atoms with Crippen molar-refractivity contribution in [2.75, 3.05) is 5.32 Å². The van der Waals surface area contributed by atoms with Crippen LogP contribution in [0.4, 0.5) is 17.1 Å². The van der Waals surface area contributed by atoms with Crippen LogP contribution in [0.25, 0.3) is 0 Å². The zero-order valence-corrected chi connectivity index (χ0v) is 13.6. The fraction of sp³-hybridized carbons (Fsp3) is 0.0667. The standard InChI is InChI=1S/C15H12BrN3O4/c1-9(20)18-12-4-2-11(3-5-12)17-8-10-6-13(19(22)23)7-14(16)15(10)21/h2-8,21H,1H3,(H,18,20). The Labute approximate surface area is 140 Å². The van der Waals surface area contributed by atoms with Gasteiger partial charge in [0.15, 0.2) is 0 Å². The summed E-state index contributed by atoms with van der Waals surface area (Å²) >= 11 is 3.07. The molecule has 118 valence electrons. The number of aliphatic imine (C=N–C) groups is 1. The maximum Gasteiger partial charge on any atom is 0.271 e. The molecule has 0 aliphatic heterocycles. The number of hydrogen-bond donors (Lipinski definition) is 2. The van der Waals surface area contributed by atoms with Crippen molar-refractivity contribution >= 4 is 45.1 Å². The predicted octanol–water partition coefficient (Wildman–Crippen LogP) is 3.77. The van der Waals surface area contributed by atoms with Crippen molar-refractivity contribution in [2.24, 2.45) is 4.99 Å². The minimum absolute atomic E-state index is 0.130. The van der Waals surface area contributed by atoms with E-state index >= 15 is 0 Å². The highest BCUT2D eigenvalue weighted by Crippen LogP contribution is 2.32. The largest absolute Gasteiger partial charge is 0.506 e. The van der Waals surface area contributed by atoms with E-state index < -0.39 is 4.92 Å². The molecule has 0 aliphatic carbocycles. The quantitative estimate of drug-likeness (QED) is 0.480. The van der Waals surface area contributed by atoms with Crippen LogP contribution >= 0.6 is 15.9 Å². The first-order valence-corrected chi connectivity index (χ1v) is 7.25.